The molecular weight excluding hydrogens is 282 g/mol. The van der Waals surface area contributed by atoms with Crippen molar-refractivity contribution in [3.05, 3.63) is 40.4 Å². The van der Waals surface area contributed by atoms with Crippen LogP contribution in [0, 0.1) is 0 Å². The number of hydrogen-bond acceptors (Lipinski definition) is 5. The normalized spacial score (nSPS) is 10.7. The number of rotatable bonds is 7. The molecular formula is C16H23N3OS. The van der Waals surface area contributed by atoms with Crippen LogP contribution < -0.4 is 15.0 Å². The standard InChI is InChI=1S/C16H23N3OS/c1-5-13-15(10-17-2)21-16(18-13)19(3)11-12-8-6-7-9-14(12)20-4/h6-9,17H,5,10-11H2,1-4H3. The van der Waals surface area contributed by atoms with E-state index in [1.165, 1.54) is 16.1 Å². The van der Waals surface area contributed by atoms with Gasteiger partial charge in [0.05, 0.1) is 12.8 Å². The van der Waals surface area contributed by atoms with Gasteiger partial charge in [0, 0.05) is 30.6 Å². The summed E-state index contributed by atoms with van der Waals surface area (Å²) >= 11 is 1.76. The number of nitrogens with one attached hydrogen (secondary N) is 1. The van der Waals surface area contributed by atoms with Gasteiger partial charge in [0.25, 0.3) is 0 Å². The van der Waals surface area contributed by atoms with Gasteiger partial charge in [-0.3, -0.25) is 0 Å². The molecule has 5 heteroatoms. The van der Waals surface area contributed by atoms with Crippen LogP contribution in [-0.4, -0.2) is 26.2 Å². The smallest absolute Gasteiger partial charge is 0.185 e. The predicted molar refractivity (Wildman–Crippen MR) is 89.4 cm³/mol. The number of aryl methyl sites for hydroxylation is 1. The summed E-state index contributed by atoms with van der Waals surface area (Å²) in [5.74, 6) is 0.923. The van der Waals surface area contributed by atoms with Crippen LogP contribution in [0.5, 0.6) is 5.75 Å². The van der Waals surface area contributed by atoms with Gasteiger partial charge in [-0.05, 0) is 19.5 Å². The SMILES string of the molecule is CCc1nc(N(C)Cc2ccccc2OC)sc1CNC. The van der Waals surface area contributed by atoms with Gasteiger partial charge in [-0.15, -0.1) is 11.3 Å². The summed E-state index contributed by atoms with van der Waals surface area (Å²) in [7, 11) is 5.76. The van der Waals surface area contributed by atoms with Gasteiger partial charge in [0.1, 0.15) is 5.75 Å². The molecule has 0 spiro atoms. The number of benzene rings is 1. The number of methoxy groups -OCH3 is 1. The highest BCUT2D eigenvalue weighted by Crippen LogP contribution is 2.28. The fraction of sp³-hybridized carbons (Fsp3) is 0.438. The fourth-order valence-corrected chi connectivity index (χ4v) is 3.39. The van der Waals surface area contributed by atoms with Crippen LogP contribution in [0.4, 0.5) is 5.13 Å². The summed E-state index contributed by atoms with van der Waals surface area (Å²) < 4.78 is 5.42. The third-order valence-electron chi connectivity index (χ3n) is 3.37. The van der Waals surface area contributed by atoms with Crippen molar-refractivity contribution < 1.29 is 4.74 Å². The zero-order valence-electron chi connectivity index (χ0n) is 13.1. The van der Waals surface area contributed by atoms with Crippen LogP contribution in [0.25, 0.3) is 0 Å². The molecule has 0 fully saturated rings. The Morgan fingerprint density at radius 3 is 2.76 bits per heavy atom. The second-order valence-electron chi connectivity index (χ2n) is 4.92. The monoisotopic (exact) mass is 305 g/mol. The fourth-order valence-electron chi connectivity index (χ4n) is 2.26. The number of thiazole rings is 1. The van der Waals surface area contributed by atoms with Crippen molar-refractivity contribution in [3.63, 3.8) is 0 Å². The molecule has 0 atom stereocenters. The molecule has 1 N–H and O–H groups in total. The van der Waals surface area contributed by atoms with Crippen molar-refractivity contribution in [2.24, 2.45) is 0 Å². The maximum atomic E-state index is 5.42. The van der Waals surface area contributed by atoms with Crippen molar-refractivity contribution in [2.45, 2.75) is 26.4 Å². The first-order valence-corrected chi connectivity index (χ1v) is 7.97. The highest BCUT2D eigenvalue weighted by Gasteiger charge is 2.14. The second kappa shape index (κ2) is 7.43. The molecule has 1 aromatic carbocycles. The molecule has 4 nitrogen and oxygen atoms in total. The van der Waals surface area contributed by atoms with E-state index in [4.69, 9.17) is 9.72 Å². The Hall–Kier alpha value is -1.59. The van der Waals surface area contributed by atoms with Crippen molar-refractivity contribution in [1.82, 2.24) is 10.3 Å². The molecule has 0 unspecified atom stereocenters. The lowest BCUT2D eigenvalue weighted by atomic mass is 10.2. The van der Waals surface area contributed by atoms with Gasteiger partial charge in [-0.1, -0.05) is 25.1 Å². The van der Waals surface area contributed by atoms with Crippen molar-refractivity contribution in [3.8, 4) is 5.75 Å². The molecule has 0 saturated heterocycles. The highest BCUT2D eigenvalue weighted by atomic mass is 32.1. The number of aromatic nitrogens is 1. The Morgan fingerprint density at radius 1 is 1.33 bits per heavy atom. The van der Waals surface area contributed by atoms with E-state index in [1.54, 1.807) is 18.4 Å². The number of anilines is 1. The quantitative estimate of drug-likeness (QED) is 0.853. The molecule has 0 saturated carbocycles. The Morgan fingerprint density at radius 2 is 2.10 bits per heavy atom. The molecule has 0 aliphatic rings. The molecule has 21 heavy (non-hydrogen) atoms. The van der Waals surface area contributed by atoms with Crippen LogP contribution >= 0.6 is 11.3 Å². The van der Waals surface area contributed by atoms with E-state index < -0.39 is 0 Å². The third-order valence-corrected chi connectivity index (χ3v) is 4.58. The first-order valence-electron chi connectivity index (χ1n) is 7.15. The molecule has 1 heterocycles. The van der Waals surface area contributed by atoms with Crippen molar-refractivity contribution in [2.75, 3.05) is 26.1 Å². The van der Waals surface area contributed by atoms with E-state index in [1.807, 2.05) is 25.2 Å². The Labute approximate surface area is 130 Å². The zero-order chi connectivity index (χ0) is 15.2. The van der Waals surface area contributed by atoms with Gasteiger partial charge in [0.15, 0.2) is 5.13 Å². The minimum absolute atomic E-state index is 0.791. The molecule has 0 radical (unpaired) electrons. The highest BCUT2D eigenvalue weighted by molar-refractivity contribution is 7.15. The molecule has 0 aliphatic heterocycles. The van der Waals surface area contributed by atoms with Crippen molar-refractivity contribution in [1.29, 1.82) is 0 Å². The largest absolute Gasteiger partial charge is 0.496 e. The van der Waals surface area contributed by atoms with Gasteiger partial charge < -0.3 is 15.0 Å². The lowest BCUT2D eigenvalue weighted by Gasteiger charge is -2.17. The number of ether oxygens (including phenoxy) is 1. The predicted octanol–water partition coefficient (Wildman–Crippen LogP) is 3.07. The maximum Gasteiger partial charge on any atom is 0.185 e. The summed E-state index contributed by atoms with van der Waals surface area (Å²) in [6, 6.07) is 8.12. The first-order chi connectivity index (χ1) is 10.2. The minimum Gasteiger partial charge on any atom is -0.496 e. The summed E-state index contributed by atoms with van der Waals surface area (Å²) in [6.45, 7) is 3.82. The molecule has 0 aliphatic carbocycles. The molecule has 2 aromatic rings. The van der Waals surface area contributed by atoms with E-state index in [0.717, 1.165) is 30.4 Å². The van der Waals surface area contributed by atoms with Gasteiger partial charge in [-0.25, -0.2) is 4.98 Å². The van der Waals surface area contributed by atoms with E-state index in [2.05, 4.69) is 30.3 Å². The van der Waals surface area contributed by atoms with E-state index in [-0.39, 0.29) is 0 Å². The second-order valence-corrected chi connectivity index (χ2v) is 5.98. The average molecular weight is 305 g/mol. The van der Waals surface area contributed by atoms with Crippen LogP contribution in [0.3, 0.4) is 0 Å². The van der Waals surface area contributed by atoms with Crippen LogP contribution in [0.15, 0.2) is 24.3 Å². The Balaban J connectivity index is 2.18. The average Bonchev–Trinajstić information content (AvgIpc) is 2.91. The van der Waals surface area contributed by atoms with Gasteiger partial charge in [-0.2, -0.15) is 0 Å². The molecule has 0 amide bonds. The van der Waals surface area contributed by atoms with Crippen molar-refractivity contribution >= 4 is 16.5 Å². The molecule has 114 valence electrons. The maximum absolute atomic E-state index is 5.42. The van der Waals surface area contributed by atoms with E-state index in [0.29, 0.717) is 0 Å². The summed E-state index contributed by atoms with van der Waals surface area (Å²) in [5, 5.41) is 4.27. The lowest BCUT2D eigenvalue weighted by molar-refractivity contribution is 0.409. The number of para-hydroxylation sites is 1. The Kier molecular flexibility index (Phi) is 5.59. The summed E-state index contributed by atoms with van der Waals surface area (Å²) in [4.78, 5) is 8.27. The van der Waals surface area contributed by atoms with E-state index in [9.17, 15) is 0 Å². The number of hydrogen-bond donors (Lipinski definition) is 1. The zero-order valence-corrected chi connectivity index (χ0v) is 14.0. The first kappa shape index (κ1) is 15.8. The van der Waals surface area contributed by atoms with Gasteiger partial charge >= 0.3 is 0 Å². The lowest BCUT2D eigenvalue weighted by Crippen LogP contribution is -2.16. The minimum atomic E-state index is 0.791. The summed E-state index contributed by atoms with van der Waals surface area (Å²) in [5.41, 5.74) is 2.36. The van der Waals surface area contributed by atoms with Gasteiger partial charge in [0.2, 0.25) is 0 Å². The third kappa shape index (κ3) is 3.74. The van der Waals surface area contributed by atoms with Crippen LogP contribution in [0.1, 0.15) is 23.1 Å². The molecule has 0 bridgehead atoms. The topological polar surface area (TPSA) is 37.4 Å². The van der Waals surface area contributed by atoms with E-state index >= 15 is 0 Å². The summed E-state index contributed by atoms with van der Waals surface area (Å²) in [6.07, 6.45) is 0.968. The van der Waals surface area contributed by atoms with Crippen LogP contribution in [-0.2, 0) is 19.5 Å². The molecule has 1 aromatic heterocycles. The Bertz CT molecular complexity index is 583. The number of nitrogens with zero attached hydrogens (tertiary/aromatic N) is 2. The van der Waals surface area contributed by atoms with Crippen LogP contribution in [0.2, 0.25) is 0 Å². The molecule has 2 rings (SSSR count).